The summed E-state index contributed by atoms with van der Waals surface area (Å²) in [5, 5.41) is 4.46. The summed E-state index contributed by atoms with van der Waals surface area (Å²) < 4.78 is 7.93. The summed E-state index contributed by atoms with van der Waals surface area (Å²) in [6, 6.07) is 11.3. The first kappa shape index (κ1) is 17.1. The van der Waals surface area contributed by atoms with Gasteiger partial charge in [0.1, 0.15) is 11.6 Å². The Hall–Kier alpha value is -1.72. The van der Waals surface area contributed by atoms with Crippen molar-refractivity contribution in [1.29, 1.82) is 0 Å². The molecule has 0 radical (unpaired) electrons. The van der Waals surface area contributed by atoms with Gasteiger partial charge in [-0.25, -0.2) is 9.67 Å². The van der Waals surface area contributed by atoms with Crippen molar-refractivity contribution >= 4 is 0 Å². The normalized spacial score (nSPS) is 20.2. The Morgan fingerprint density at radius 3 is 2.75 bits per heavy atom. The van der Waals surface area contributed by atoms with Crippen molar-refractivity contribution in [2.45, 2.75) is 52.3 Å². The van der Waals surface area contributed by atoms with Crippen LogP contribution in [0.25, 0.3) is 0 Å². The fourth-order valence-corrected chi connectivity index (χ4v) is 3.38. The molecule has 1 saturated heterocycles. The molecule has 24 heavy (non-hydrogen) atoms. The van der Waals surface area contributed by atoms with Gasteiger partial charge >= 0.3 is 0 Å². The molecule has 2 heterocycles. The van der Waals surface area contributed by atoms with E-state index in [0.29, 0.717) is 6.04 Å². The molecule has 130 valence electrons. The number of hydrogen-bond donors (Lipinski definition) is 0. The predicted octanol–water partition coefficient (Wildman–Crippen LogP) is 2.62. The highest BCUT2D eigenvalue weighted by atomic mass is 16.5. The molecule has 1 fully saturated rings. The van der Waals surface area contributed by atoms with Gasteiger partial charge in [-0.1, -0.05) is 30.3 Å². The molecule has 0 spiro atoms. The van der Waals surface area contributed by atoms with E-state index in [-0.39, 0.29) is 6.10 Å². The maximum atomic E-state index is 5.96. The second-order valence-corrected chi connectivity index (χ2v) is 6.75. The van der Waals surface area contributed by atoms with Crippen LogP contribution in [-0.2, 0) is 17.7 Å². The Kier molecular flexibility index (Phi) is 5.63. The van der Waals surface area contributed by atoms with E-state index in [0.717, 1.165) is 44.3 Å². The number of rotatable bonds is 6. The van der Waals surface area contributed by atoms with Crippen LogP contribution in [0.15, 0.2) is 30.3 Å². The average Bonchev–Trinajstić information content (AvgIpc) is 2.91. The van der Waals surface area contributed by atoms with Crippen LogP contribution in [0.4, 0.5) is 0 Å². The minimum absolute atomic E-state index is 0.192. The highest BCUT2D eigenvalue weighted by molar-refractivity contribution is 5.14. The van der Waals surface area contributed by atoms with Crippen LogP contribution in [0.1, 0.15) is 30.6 Å². The summed E-state index contributed by atoms with van der Waals surface area (Å²) in [6.45, 7) is 9.83. The first-order valence-corrected chi connectivity index (χ1v) is 8.89. The van der Waals surface area contributed by atoms with Crippen LogP contribution in [0, 0.1) is 13.8 Å². The fourth-order valence-electron chi connectivity index (χ4n) is 3.38. The zero-order valence-electron chi connectivity index (χ0n) is 15.0. The number of aryl methyl sites for hydroxylation is 3. The van der Waals surface area contributed by atoms with Gasteiger partial charge < -0.3 is 4.74 Å². The van der Waals surface area contributed by atoms with Crippen LogP contribution in [0.3, 0.4) is 0 Å². The molecule has 0 amide bonds. The zero-order valence-corrected chi connectivity index (χ0v) is 15.0. The summed E-state index contributed by atoms with van der Waals surface area (Å²) in [5.74, 6) is 1.79. The first-order chi connectivity index (χ1) is 11.6. The van der Waals surface area contributed by atoms with Gasteiger partial charge in [-0.3, -0.25) is 4.90 Å². The van der Waals surface area contributed by atoms with Crippen LogP contribution in [-0.4, -0.2) is 51.5 Å². The lowest BCUT2D eigenvalue weighted by molar-refractivity contribution is -0.0503. The van der Waals surface area contributed by atoms with Gasteiger partial charge in [0.25, 0.3) is 0 Å². The van der Waals surface area contributed by atoms with Crippen molar-refractivity contribution in [3.8, 4) is 0 Å². The fraction of sp³-hybridized carbons (Fsp3) is 0.579. The topological polar surface area (TPSA) is 43.2 Å². The lowest BCUT2D eigenvalue weighted by Gasteiger charge is -2.37. The number of ether oxygens (including phenoxy) is 1. The van der Waals surface area contributed by atoms with Crippen molar-refractivity contribution in [2.75, 3.05) is 19.7 Å². The third kappa shape index (κ3) is 4.42. The third-order valence-corrected chi connectivity index (χ3v) is 4.83. The van der Waals surface area contributed by atoms with E-state index in [1.807, 2.05) is 18.5 Å². The van der Waals surface area contributed by atoms with E-state index < -0.39 is 0 Å². The molecule has 1 aliphatic heterocycles. The molecule has 0 N–H and O–H groups in total. The standard InChI is InChI=1S/C19H28N4O/c1-15(9-10-18-7-5-4-6-8-18)22-11-12-24-19(13-22)14-23-17(3)20-16(2)21-23/h4-8,15,19H,9-14H2,1-3H3/t15-,19-/m1/s1. The van der Waals surface area contributed by atoms with Crippen molar-refractivity contribution < 1.29 is 4.74 Å². The molecular weight excluding hydrogens is 300 g/mol. The summed E-state index contributed by atoms with van der Waals surface area (Å²) >= 11 is 0. The Labute approximate surface area is 144 Å². The number of hydrogen-bond acceptors (Lipinski definition) is 4. The van der Waals surface area contributed by atoms with E-state index in [2.05, 4.69) is 52.2 Å². The van der Waals surface area contributed by atoms with Crippen molar-refractivity contribution in [3.05, 3.63) is 47.5 Å². The molecule has 1 aromatic heterocycles. The molecule has 0 aliphatic carbocycles. The van der Waals surface area contributed by atoms with Gasteiger partial charge in [-0.15, -0.1) is 0 Å². The second-order valence-electron chi connectivity index (χ2n) is 6.75. The van der Waals surface area contributed by atoms with Crippen molar-refractivity contribution in [3.63, 3.8) is 0 Å². The van der Waals surface area contributed by atoms with Crippen molar-refractivity contribution in [1.82, 2.24) is 19.7 Å². The van der Waals surface area contributed by atoms with Gasteiger partial charge in [0.2, 0.25) is 0 Å². The molecule has 0 bridgehead atoms. The maximum Gasteiger partial charge on any atom is 0.147 e. The molecule has 2 aromatic rings. The number of benzene rings is 1. The van der Waals surface area contributed by atoms with Crippen LogP contribution >= 0.6 is 0 Å². The summed E-state index contributed by atoms with van der Waals surface area (Å²) in [7, 11) is 0. The van der Waals surface area contributed by atoms with E-state index in [1.54, 1.807) is 0 Å². The smallest absolute Gasteiger partial charge is 0.147 e. The minimum Gasteiger partial charge on any atom is -0.374 e. The molecule has 5 nitrogen and oxygen atoms in total. The third-order valence-electron chi connectivity index (χ3n) is 4.83. The minimum atomic E-state index is 0.192. The summed E-state index contributed by atoms with van der Waals surface area (Å²) in [4.78, 5) is 6.93. The van der Waals surface area contributed by atoms with Gasteiger partial charge in [0, 0.05) is 19.1 Å². The lowest BCUT2D eigenvalue weighted by Crippen LogP contribution is -2.48. The average molecular weight is 328 g/mol. The monoisotopic (exact) mass is 328 g/mol. The highest BCUT2D eigenvalue weighted by Crippen LogP contribution is 2.15. The number of morpholine rings is 1. The molecular formula is C19H28N4O. The lowest BCUT2D eigenvalue weighted by atomic mass is 10.0. The van der Waals surface area contributed by atoms with Crippen molar-refractivity contribution in [2.24, 2.45) is 0 Å². The van der Waals surface area contributed by atoms with Gasteiger partial charge in [-0.05, 0) is 39.2 Å². The van der Waals surface area contributed by atoms with Gasteiger partial charge in [0.05, 0.1) is 19.3 Å². The Bertz CT molecular complexity index is 640. The summed E-state index contributed by atoms with van der Waals surface area (Å²) in [5.41, 5.74) is 1.42. The summed E-state index contributed by atoms with van der Waals surface area (Å²) in [6.07, 6.45) is 2.50. The molecule has 1 aliphatic rings. The van der Waals surface area contributed by atoms with Gasteiger partial charge in [-0.2, -0.15) is 5.10 Å². The highest BCUT2D eigenvalue weighted by Gasteiger charge is 2.25. The maximum absolute atomic E-state index is 5.96. The van der Waals surface area contributed by atoms with Crippen LogP contribution < -0.4 is 0 Å². The van der Waals surface area contributed by atoms with E-state index in [1.165, 1.54) is 12.0 Å². The molecule has 5 heteroatoms. The Morgan fingerprint density at radius 2 is 2.04 bits per heavy atom. The SMILES string of the molecule is Cc1nc(C)n(C[C@H]2CN([C@H](C)CCc3ccccc3)CCO2)n1. The number of aromatic nitrogens is 3. The molecule has 3 rings (SSSR count). The molecule has 2 atom stereocenters. The van der Waals surface area contributed by atoms with E-state index in [9.17, 15) is 0 Å². The predicted molar refractivity (Wildman–Crippen MR) is 95.0 cm³/mol. The zero-order chi connectivity index (χ0) is 16.9. The Balaban J connectivity index is 1.52. The van der Waals surface area contributed by atoms with E-state index >= 15 is 0 Å². The van der Waals surface area contributed by atoms with Gasteiger partial charge in [0.15, 0.2) is 0 Å². The quantitative estimate of drug-likeness (QED) is 0.817. The second kappa shape index (κ2) is 7.90. The number of nitrogens with zero attached hydrogens (tertiary/aromatic N) is 4. The van der Waals surface area contributed by atoms with Crippen LogP contribution in [0.2, 0.25) is 0 Å². The van der Waals surface area contributed by atoms with E-state index in [4.69, 9.17) is 4.74 Å². The Morgan fingerprint density at radius 1 is 1.25 bits per heavy atom. The molecule has 1 aromatic carbocycles. The first-order valence-electron chi connectivity index (χ1n) is 8.89. The largest absolute Gasteiger partial charge is 0.374 e. The van der Waals surface area contributed by atoms with Crippen LogP contribution in [0.5, 0.6) is 0 Å². The molecule has 0 saturated carbocycles. The molecule has 0 unspecified atom stereocenters.